The van der Waals surface area contributed by atoms with E-state index >= 15 is 0 Å². The summed E-state index contributed by atoms with van der Waals surface area (Å²) in [7, 11) is 1.94. The molecule has 1 heterocycles. The van der Waals surface area contributed by atoms with Gasteiger partial charge in [-0.15, -0.1) is 0 Å². The number of hydrogen-bond donors (Lipinski definition) is 1. The van der Waals surface area contributed by atoms with E-state index in [1.165, 1.54) is 6.07 Å². The third-order valence-corrected chi connectivity index (χ3v) is 3.76. The second-order valence-electron chi connectivity index (χ2n) is 5.40. The van der Waals surface area contributed by atoms with Gasteiger partial charge in [-0.1, -0.05) is 12.1 Å². The van der Waals surface area contributed by atoms with Gasteiger partial charge in [-0.3, -0.25) is 0 Å². The van der Waals surface area contributed by atoms with Crippen molar-refractivity contribution in [2.75, 3.05) is 31.7 Å². The van der Waals surface area contributed by atoms with E-state index in [2.05, 4.69) is 0 Å². The summed E-state index contributed by atoms with van der Waals surface area (Å²) in [5, 5.41) is 0. The molecule has 0 spiro atoms. The lowest BCUT2D eigenvalue weighted by molar-refractivity contribution is 0.0685. The Kier molecular flexibility index (Phi) is 4.77. The highest BCUT2D eigenvalue weighted by Gasteiger charge is 2.20. The molecular formula is C15H23FN2O. The molecule has 0 radical (unpaired) electrons. The van der Waals surface area contributed by atoms with Gasteiger partial charge in [0.05, 0.1) is 5.69 Å². The summed E-state index contributed by atoms with van der Waals surface area (Å²) in [5.41, 5.74) is 7.45. The van der Waals surface area contributed by atoms with E-state index in [1.807, 2.05) is 24.9 Å². The molecule has 0 aliphatic carbocycles. The highest BCUT2D eigenvalue weighted by Crippen LogP contribution is 2.29. The normalized spacial score (nSPS) is 18.3. The number of nitrogens with two attached hydrogens (primary N) is 1. The second kappa shape index (κ2) is 6.35. The summed E-state index contributed by atoms with van der Waals surface area (Å²) in [6.45, 7) is 4.37. The van der Waals surface area contributed by atoms with E-state index in [9.17, 15) is 4.39 Å². The number of nitrogens with zero attached hydrogens (tertiary/aromatic N) is 1. The first-order valence-electron chi connectivity index (χ1n) is 6.92. The summed E-state index contributed by atoms with van der Waals surface area (Å²) in [4.78, 5) is 2.00. The predicted molar refractivity (Wildman–Crippen MR) is 75.8 cm³/mol. The molecule has 1 unspecified atom stereocenters. The SMILES string of the molecule is CC(N)c1cccc(F)c1N(C)CC1CCOCC1. The van der Waals surface area contributed by atoms with E-state index in [0.717, 1.165) is 38.2 Å². The van der Waals surface area contributed by atoms with E-state index in [-0.39, 0.29) is 11.9 Å². The molecule has 106 valence electrons. The Labute approximate surface area is 114 Å². The van der Waals surface area contributed by atoms with Gasteiger partial charge in [0.1, 0.15) is 5.82 Å². The number of ether oxygens (including phenoxy) is 1. The molecule has 1 saturated heterocycles. The van der Waals surface area contributed by atoms with Crippen molar-refractivity contribution >= 4 is 5.69 Å². The van der Waals surface area contributed by atoms with E-state index in [0.29, 0.717) is 11.6 Å². The van der Waals surface area contributed by atoms with Crippen LogP contribution in [0.5, 0.6) is 0 Å². The van der Waals surface area contributed by atoms with Gasteiger partial charge < -0.3 is 15.4 Å². The highest BCUT2D eigenvalue weighted by molar-refractivity contribution is 5.55. The molecule has 3 nitrogen and oxygen atoms in total. The standard InChI is InChI=1S/C15H23FN2O/c1-11(17)13-4-3-5-14(16)15(13)18(2)10-12-6-8-19-9-7-12/h3-5,11-12H,6-10,17H2,1-2H3. The lowest BCUT2D eigenvalue weighted by Gasteiger charge is -2.30. The monoisotopic (exact) mass is 266 g/mol. The summed E-state index contributed by atoms with van der Waals surface area (Å²) >= 11 is 0. The molecule has 2 rings (SSSR count). The lowest BCUT2D eigenvalue weighted by Crippen LogP contribution is -2.31. The van der Waals surface area contributed by atoms with E-state index in [4.69, 9.17) is 10.5 Å². The number of halogens is 1. The number of benzene rings is 1. The minimum atomic E-state index is -0.190. The average molecular weight is 266 g/mol. The third kappa shape index (κ3) is 3.45. The van der Waals surface area contributed by atoms with Crippen LogP contribution in [0.3, 0.4) is 0 Å². The molecule has 2 N–H and O–H groups in total. The van der Waals surface area contributed by atoms with E-state index in [1.54, 1.807) is 6.07 Å². The fraction of sp³-hybridized carbons (Fsp3) is 0.600. The molecule has 0 saturated carbocycles. The van der Waals surface area contributed by atoms with Gasteiger partial charge in [0, 0.05) is 32.8 Å². The van der Waals surface area contributed by atoms with Gasteiger partial charge >= 0.3 is 0 Å². The van der Waals surface area contributed by atoms with Crippen LogP contribution in [-0.2, 0) is 4.74 Å². The van der Waals surface area contributed by atoms with Crippen molar-refractivity contribution < 1.29 is 9.13 Å². The van der Waals surface area contributed by atoms with Crippen molar-refractivity contribution in [2.24, 2.45) is 11.7 Å². The molecular weight excluding hydrogens is 243 g/mol. The van der Waals surface area contributed by atoms with Crippen molar-refractivity contribution in [3.8, 4) is 0 Å². The Hall–Kier alpha value is -1.13. The van der Waals surface area contributed by atoms with Gasteiger partial charge in [0.25, 0.3) is 0 Å². The number of rotatable bonds is 4. The van der Waals surface area contributed by atoms with E-state index < -0.39 is 0 Å². The Bertz CT molecular complexity index is 417. The summed E-state index contributed by atoms with van der Waals surface area (Å²) < 4.78 is 19.5. The first-order valence-corrected chi connectivity index (χ1v) is 6.92. The third-order valence-electron chi connectivity index (χ3n) is 3.76. The second-order valence-corrected chi connectivity index (χ2v) is 5.40. The maximum atomic E-state index is 14.1. The minimum Gasteiger partial charge on any atom is -0.381 e. The van der Waals surface area contributed by atoms with Crippen LogP contribution in [0.2, 0.25) is 0 Å². The van der Waals surface area contributed by atoms with Gasteiger partial charge in [-0.2, -0.15) is 0 Å². The average Bonchev–Trinajstić information content (AvgIpc) is 2.39. The zero-order valence-corrected chi connectivity index (χ0v) is 11.7. The summed E-state index contributed by atoms with van der Waals surface area (Å²) in [6.07, 6.45) is 2.10. The maximum absolute atomic E-state index is 14.1. The molecule has 1 aromatic carbocycles. The quantitative estimate of drug-likeness (QED) is 0.910. The van der Waals surface area contributed by atoms with Crippen LogP contribution in [0, 0.1) is 11.7 Å². The molecule has 0 bridgehead atoms. The Morgan fingerprint density at radius 1 is 1.42 bits per heavy atom. The van der Waals surface area contributed by atoms with Gasteiger partial charge in [-0.05, 0) is 37.3 Å². The fourth-order valence-electron chi connectivity index (χ4n) is 2.71. The molecule has 19 heavy (non-hydrogen) atoms. The molecule has 1 atom stereocenters. The van der Waals surface area contributed by atoms with Gasteiger partial charge in [-0.25, -0.2) is 4.39 Å². The predicted octanol–water partition coefficient (Wildman–Crippen LogP) is 2.71. The minimum absolute atomic E-state index is 0.164. The molecule has 0 amide bonds. The topological polar surface area (TPSA) is 38.5 Å². The van der Waals surface area contributed by atoms with Crippen molar-refractivity contribution in [3.05, 3.63) is 29.6 Å². The molecule has 1 aliphatic heterocycles. The Morgan fingerprint density at radius 3 is 2.74 bits per heavy atom. The first-order chi connectivity index (χ1) is 9.09. The van der Waals surface area contributed by atoms with Crippen LogP contribution in [0.4, 0.5) is 10.1 Å². The molecule has 1 aromatic rings. The molecule has 0 aromatic heterocycles. The smallest absolute Gasteiger partial charge is 0.146 e. The zero-order chi connectivity index (χ0) is 13.8. The molecule has 1 aliphatic rings. The van der Waals surface area contributed by atoms with Crippen LogP contribution in [0.25, 0.3) is 0 Å². The fourth-order valence-corrected chi connectivity index (χ4v) is 2.71. The Balaban J connectivity index is 2.15. The van der Waals surface area contributed by atoms with Crippen molar-refractivity contribution in [1.29, 1.82) is 0 Å². The van der Waals surface area contributed by atoms with Crippen molar-refractivity contribution in [2.45, 2.75) is 25.8 Å². The molecule has 1 fully saturated rings. The number of anilines is 1. The first kappa shape index (κ1) is 14.3. The number of hydrogen-bond acceptors (Lipinski definition) is 3. The lowest BCUT2D eigenvalue weighted by atomic mass is 9.98. The van der Waals surface area contributed by atoms with Crippen LogP contribution in [0.15, 0.2) is 18.2 Å². The van der Waals surface area contributed by atoms with Crippen LogP contribution < -0.4 is 10.6 Å². The summed E-state index contributed by atoms with van der Waals surface area (Å²) in [5.74, 6) is 0.378. The zero-order valence-electron chi connectivity index (χ0n) is 11.7. The van der Waals surface area contributed by atoms with Gasteiger partial charge in [0.2, 0.25) is 0 Å². The van der Waals surface area contributed by atoms with Crippen molar-refractivity contribution in [3.63, 3.8) is 0 Å². The largest absolute Gasteiger partial charge is 0.381 e. The van der Waals surface area contributed by atoms with Crippen LogP contribution >= 0.6 is 0 Å². The maximum Gasteiger partial charge on any atom is 0.146 e. The Morgan fingerprint density at radius 2 is 2.11 bits per heavy atom. The van der Waals surface area contributed by atoms with Crippen molar-refractivity contribution in [1.82, 2.24) is 0 Å². The van der Waals surface area contributed by atoms with Gasteiger partial charge in [0.15, 0.2) is 0 Å². The summed E-state index contributed by atoms with van der Waals surface area (Å²) in [6, 6.07) is 4.97. The number of para-hydroxylation sites is 1. The molecule has 4 heteroatoms. The highest BCUT2D eigenvalue weighted by atomic mass is 19.1. The van der Waals surface area contributed by atoms with Crippen LogP contribution in [-0.4, -0.2) is 26.8 Å². The van der Waals surface area contributed by atoms with Crippen LogP contribution in [0.1, 0.15) is 31.4 Å².